The van der Waals surface area contributed by atoms with E-state index < -0.39 is 0 Å². The maximum atomic E-state index is 4.66. The van der Waals surface area contributed by atoms with Crippen molar-refractivity contribution < 1.29 is 0 Å². The molecule has 0 saturated heterocycles. The number of pyridine rings is 1. The lowest BCUT2D eigenvalue weighted by atomic mass is 10.2. The van der Waals surface area contributed by atoms with Gasteiger partial charge in [0.25, 0.3) is 0 Å². The molecule has 18 heavy (non-hydrogen) atoms. The van der Waals surface area contributed by atoms with Crippen molar-refractivity contribution >= 4 is 5.82 Å². The van der Waals surface area contributed by atoms with Crippen LogP contribution in [0.5, 0.6) is 0 Å². The van der Waals surface area contributed by atoms with Crippen LogP contribution in [0.25, 0.3) is 0 Å². The number of hydrogen-bond acceptors (Lipinski definition) is 3. The van der Waals surface area contributed by atoms with Gasteiger partial charge in [0, 0.05) is 19.1 Å². The average Bonchev–Trinajstić information content (AvgIpc) is 3.20. The average molecular weight is 247 g/mol. The van der Waals surface area contributed by atoms with Crippen molar-refractivity contribution in [2.24, 2.45) is 5.92 Å². The highest BCUT2D eigenvalue weighted by atomic mass is 15.1. The summed E-state index contributed by atoms with van der Waals surface area (Å²) in [6.07, 6.45) is 3.93. The molecule has 1 aromatic heterocycles. The van der Waals surface area contributed by atoms with Crippen LogP contribution in [-0.2, 0) is 6.54 Å². The van der Waals surface area contributed by atoms with Gasteiger partial charge in [-0.25, -0.2) is 4.98 Å². The van der Waals surface area contributed by atoms with Crippen molar-refractivity contribution in [2.45, 2.75) is 45.7 Å². The molecule has 0 radical (unpaired) electrons. The second kappa shape index (κ2) is 6.19. The van der Waals surface area contributed by atoms with Crippen LogP contribution >= 0.6 is 0 Å². The fraction of sp³-hybridized carbons (Fsp3) is 0.667. The van der Waals surface area contributed by atoms with Crippen molar-refractivity contribution in [1.29, 1.82) is 0 Å². The molecule has 1 heterocycles. The van der Waals surface area contributed by atoms with Crippen LogP contribution in [-0.4, -0.2) is 29.5 Å². The van der Waals surface area contributed by atoms with Gasteiger partial charge in [0.1, 0.15) is 5.82 Å². The van der Waals surface area contributed by atoms with Crippen molar-refractivity contribution in [3.8, 4) is 0 Å². The summed E-state index contributed by atoms with van der Waals surface area (Å²) in [5.74, 6) is 1.92. The van der Waals surface area contributed by atoms with E-state index in [9.17, 15) is 0 Å². The summed E-state index contributed by atoms with van der Waals surface area (Å²) in [6, 6.07) is 6.94. The summed E-state index contributed by atoms with van der Waals surface area (Å²) in [4.78, 5) is 7.08. The second-order valence-corrected chi connectivity index (χ2v) is 5.43. The van der Waals surface area contributed by atoms with Crippen LogP contribution in [0.2, 0.25) is 0 Å². The minimum Gasteiger partial charge on any atom is -0.370 e. The summed E-state index contributed by atoms with van der Waals surface area (Å²) in [5.41, 5.74) is 1.16. The largest absolute Gasteiger partial charge is 0.370 e. The molecule has 0 amide bonds. The lowest BCUT2D eigenvalue weighted by Crippen LogP contribution is -2.30. The smallest absolute Gasteiger partial charge is 0.126 e. The van der Waals surface area contributed by atoms with Gasteiger partial charge in [-0.15, -0.1) is 0 Å². The van der Waals surface area contributed by atoms with E-state index in [4.69, 9.17) is 0 Å². The van der Waals surface area contributed by atoms with Gasteiger partial charge in [-0.3, -0.25) is 4.90 Å². The molecule has 1 fully saturated rings. The lowest BCUT2D eigenvalue weighted by Gasteiger charge is -2.24. The van der Waals surface area contributed by atoms with E-state index >= 15 is 0 Å². The maximum Gasteiger partial charge on any atom is 0.126 e. The Labute approximate surface area is 111 Å². The Morgan fingerprint density at radius 3 is 2.89 bits per heavy atom. The normalized spacial score (nSPS) is 16.9. The van der Waals surface area contributed by atoms with Crippen LogP contribution < -0.4 is 5.32 Å². The summed E-state index contributed by atoms with van der Waals surface area (Å²) in [7, 11) is 2.21. The van der Waals surface area contributed by atoms with E-state index in [1.807, 2.05) is 6.07 Å². The highest BCUT2D eigenvalue weighted by molar-refractivity contribution is 5.35. The number of nitrogens with one attached hydrogen (secondary N) is 1. The van der Waals surface area contributed by atoms with E-state index in [1.54, 1.807) is 0 Å². The van der Waals surface area contributed by atoms with Gasteiger partial charge in [0.2, 0.25) is 0 Å². The van der Waals surface area contributed by atoms with Gasteiger partial charge >= 0.3 is 0 Å². The standard InChI is InChI=1S/C15H25N3/c1-4-10-16-15-7-5-6-14(17-15)11-18(3)12(2)13-8-9-13/h5-7,12-13H,4,8-11H2,1-3H3,(H,16,17). The maximum absolute atomic E-state index is 4.66. The first kappa shape index (κ1) is 13.3. The Morgan fingerprint density at radius 2 is 2.22 bits per heavy atom. The van der Waals surface area contributed by atoms with Crippen LogP contribution in [0.4, 0.5) is 5.82 Å². The second-order valence-electron chi connectivity index (χ2n) is 5.43. The lowest BCUT2D eigenvalue weighted by molar-refractivity contribution is 0.224. The number of aromatic nitrogens is 1. The summed E-state index contributed by atoms with van der Waals surface area (Å²) < 4.78 is 0. The SMILES string of the molecule is CCCNc1cccc(CN(C)C(C)C2CC2)n1. The Bertz CT molecular complexity index is 374. The van der Waals surface area contributed by atoms with Crippen LogP contribution in [0.1, 0.15) is 38.8 Å². The summed E-state index contributed by atoms with van der Waals surface area (Å²) in [5, 5.41) is 3.34. The number of anilines is 1. The molecule has 1 aliphatic rings. The molecule has 1 aliphatic carbocycles. The number of hydrogen-bond donors (Lipinski definition) is 1. The first-order valence-electron chi connectivity index (χ1n) is 7.10. The van der Waals surface area contributed by atoms with E-state index in [-0.39, 0.29) is 0 Å². The quantitative estimate of drug-likeness (QED) is 0.802. The van der Waals surface area contributed by atoms with Gasteiger partial charge in [-0.2, -0.15) is 0 Å². The molecule has 1 atom stereocenters. The molecule has 3 nitrogen and oxygen atoms in total. The first-order chi connectivity index (χ1) is 8.70. The highest BCUT2D eigenvalue weighted by Crippen LogP contribution is 2.34. The predicted octanol–water partition coefficient (Wildman–Crippen LogP) is 3.13. The number of rotatable bonds is 7. The van der Waals surface area contributed by atoms with E-state index in [1.165, 1.54) is 12.8 Å². The zero-order valence-electron chi connectivity index (χ0n) is 11.8. The minimum absolute atomic E-state index is 0.680. The molecule has 0 aromatic carbocycles. The molecular formula is C15H25N3. The van der Waals surface area contributed by atoms with Gasteiger partial charge in [-0.1, -0.05) is 13.0 Å². The summed E-state index contributed by atoms with van der Waals surface area (Å²) in [6.45, 7) is 6.43. The first-order valence-corrected chi connectivity index (χ1v) is 7.10. The number of nitrogens with zero attached hydrogens (tertiary/aromatic N) is 2. The highest BCUT2D eigenvalue weighted by Gasteiger charge is 2.30. The Hall–Kier alpha value is -1.09. The van der Waals surface area contributed by atoms with Gasteiger partial charge in [0.05, 0.1) is 5.69 Å². The molecule has 0 bridgehead atoms. The van der Waals surface area contributed by atoms with Crippen molar-refractivity contribution in [2.75, 3.05) is 18.9 Å². The fourth-order valence-electron chi connectivity index (χ4n) is 2.26. The topological polar surface area (TPSA) is 28.2 Å². The van der Waals surface area contributed by atoms with E-state index in [0.29, 0.717) is 6.04 Å². The van der Waals surface area contributed by atoms with E-state index in [0.717, 1.165) is 36.9 Å². The molecular weight excluding hydrogens is 222 g/mol. The third-order valence-corrected chi connectivity index (χ3v) is 3.77. The minimum atomic E-state index is 0.680. The molecule has 100 valence electrons. The molecule has 0 spiro atoms. The van der Waals surface area contributed by atoms with Crippen molar-refractivity contribution in [3.05, 3.63) is 23.9 Å². The van der Waals surface area contributed by atoms with Crippen LogP contribution in [0, 0.1) is 5.92 Å². The van der Waals surface area contributed by atoms with Gasteiger partial charge in [0.15, 0.2) is 0 Å². The van der Waals surface area contributed by atoms with Gasteiger partial charge in [-0.05, 0) is 51.3 Å². The Kier molecular flexibility index (Phi) is 4.59. The van der Waals surface area contributed by atoms with Gasteiger partial charge < -0.3 is 5.32 Å². The Balaban J connectivity index is 1.91. The summed E-state index contributed by atoms with van der Waals surface area (Å²) >= 11 is 0. The van der Waals surface area contributed by atoms with E-state index in [2.05, 4.69) is 48.2 Å². The predicted molar refractivity (Wildman–Crippen MR) is 76.7 cm³/mol. The van der Waals surface area contributed by atoms with Crippen molar-refractivity contribution in [3.63, 3.8) is 0 Å². The molecule has 3 heteroatoms. The zero-order chi connectivity index (χ0) is 13.0. The molecule has 1 unspecified atom stereocenters. The molecule has 2 rings (SSSR count). The monoisotopic (exact) mass is 247 g/mol. The Morgan fingerprint density at radius 1 is 1.44 bits per heavy atom. The zero-order valence-corrected chi connectivity index (χ0v) is 11.8. The molecule has 1 N–H and O–H groups in total. The third-order valence-electron chi connectivity index (χ3n) is 3.77. The third kappa shape index (κ3) is 3.70. The fourth-order valence-corrected chi connectivity index (χ4v) is 2.26. The molecule has 1 saturated carbocycles. The van der Waals surface area contributed by atoms with Crippen LogP contribution in [0.3, 0.4) is 0 Å². The molecule has 0 aliphatic heterocycles. The van der Waals surface area contributed by atoms with Crippen molar-refractivity contribution in [1.82, 2.24) is 9.88 Å². The molecule has 1 aromatic rings. The van der Waals surface area contributed by atoms with Crippen LogP contribution in [0.15, 0.2) is 18.2 Å².